The van der Waals surface area contributed by atoms with Crippen molar-refractivity contribution in [3.63, 3.8) is 0 Å². The Morgan fingerprint density at radius 3 is 1.64 bits per heavy atom. The zero-order valence-electron chi connectivity index (χ0n) is 8.65. The molecule has 0 aliphatic heterocycles. The Kier molecular flexibility index (Phi) is 6.00. The van der Waals surface area contributed by atoms with E-state index in [1.54, 1.807) is 24.5 Å². The van der Waals surface area contributed by atoms with Gasteiger partial charge in [-0.25, -0.2) is 0 Å². The number of pyridine rings is 1. The molecule has 0 saturated heterocycles. The molecular formula is C12H19NO. The molecule has 0 atom stereocenters. The molecular weight excluding hydrogens is 174 g/mol. The van der Waals surface area contributed by atoms with E-state index in [1.807, 2.05) is 0 Å². The molecule has 0 radical (unpaired) electrons. The van der Waals surface area contributed by atoms with Gasteiger partial charge in [0.2, 0.25) is 0 Å². The first-order valence-corrected chi connectivity index (χ1v) is 5.43. The minimum atomic E-state index is 0.0997. The molecule has 0 aromatic carbocycles. The molecule has 1 heterocycles. The van der Waals surface area contributed by atoms with Crippen LogP contribution < -0.4 is 0 Å². The normalized spacial score (nSPS) is 15.5. The summed E-state index contributed by atoms with van der Waals surface area (Å²) < 4.78 is 0. The van der Waals surface area contributed by atoms with Gasteiger partial charge in [-0.2, -0.15) is 0 Å². The van der Waals surface area contributed by atoms with Crippen LogP contribution in [0.1, 0.15) is 44.1 Å². The van der Waals surface area contributed by atoms with Gasteiger partial charge in [0.15, 0.2) is 0 Å². The van der Waals surface area contributed by atoms with Crippen molar-refractivity contribution < 1.29 is 5.11 Å². The van der Waals surface area contributed by atoms with Crippen molar-refractivity contribution in [1.82, 2.24) is 4.98 Å². The van der Waals surface area contributed by atoms with E-state index in [4.69, 9.17) is 5.11 Å². The first-order valence-electron chi connectivity index (χ1n) is 5.43. The highest BCUT2D eigenvalue weighted by atomic mass is 16.3. The van der Waals surface area contributed by atoms with E-state index in [9.17, 15) is 0 Å². The molecule has 2 rings (SSSR count). The van der Waals surface area contributed by atoms with Gasteiger partial charge >= 0.3 is 0 Å². The van der Waals surface area contributed by atoms with Crippen LogP contribution in [-0.4, -0.2) is 10.1 Å². The van der Waals surface area contributed by atoms with Crippen molar-refractivity contribution in [2.45, 2.75) is 45.1 Å². The van der Waals surface area contributed by atoms with Gasteiger partial charge < -0.3 is 5.11 Å². The van der Waals surface area contributed by atoms with E-state index in [2.05, 4.69) is 4.98 Å². The highest BCUT2D eigenvalue weighted by Crippen LogP contribution is 2.15. The summed E-state index contributed by atoms with van der Waals surface area (Å²) in [4.78, 5) is 3.78. The van der Waals surface area contributed by atoms with Crippen molar-refractivity contribution in [3.05, 3.63) is 30.1 Å². The second-order valence-corrected chi connectivity index (χ2v) is 3.63. The first-order chi connectivity index (χ1) is 6.93. The fourth-order valence-electron chi connectivity index (χ4n) is 1.55. The lowest BCUT2D eigenvalue weighted by atomic mass is 10.0. The number of nitrogens with zero attached hydrogens (tertiary/aromatic N) is 1. The maximum Gasteiger partial charge on any atom is 0.0682 e. The van der Waals surface area contributed by atoms with Crippen molar-refractivity contribution in [3.8, 4) is 0 Å². The third-order valence-corrected chi connectivity index (χ3v) is 2.43. The number of aliphatic hydroxyl groups is 1. The van der Waals surface area contributed by atoms with E-state index in [1.165, 1.54) is 38.5 Å². The van der Waals surface area contributed by atoms with Gasteiger partial charge in [-0.15, -0.1) is 0 Å². The summed E-state index contributed by atoms with van der Waals surface area (Å²) in [7, 11) is 0. The maximum atomic E-state index is 8.51. The summed E-state index contributed by atoms with van der Waals surface area (Å²) in [5.41, 5.74) is 0.903. The third kappa shape index (κ3) is 4.97. The second kappa shape index (κ2) is 7.51. The van der Waals surface area contributed by atoms with Gasteiger partial charge in [0.25, 0.3) is 0 Å². The summed E-state index contributed by atoms with van der Waals surface area (Å²) in [6.45, 7) is 0.0997. The minimum Gasteiger partial charge on any atom is -0.392 e. The number of hydrogen-bond acceptors (Lipinski definition) is 2. The zero-order chi connectivity index (χ0) is 10.1. The van der Waals surface area contributed by atoms with Gasteiger partial charge in [0, 0.05) is 12.4 Å². The first kappa shape index (κ1) is 11.2. The molecule has 1 saturated carbocycles. The molecule has 1 aromatic rings. The second-order valence-electron chi connectivity index (χ2n) is 3.63. The van der Waals surface area contributed by atoms with E-state index < -0.39 is 0 Å². The monoisotopic (exact) mass is 193 g/mol. The molecule has 14 heavy (non-hydrogen) atoms. The number of rotatable bonds is 1. The summed E-state index contributed by atoms with van der Waals surface area (Å²) in [6.07, 6.45) is 12.3. The molecule has 1 fully saturated rings. The molecule has 0 spiro atoms. The average Bonchev–Trinajstić information content (AvgIpc) is 2.33. The Balaban J connectivity index is 0.000000146. The van der Waals surface area contributed by atoms with Crippen LogP contribution in [0.2, 0.25) is 0 Å². The average molecular weight is 193 g/mol. The summed E-state index contributed by atoms with van der Waals surface area (Å²) >= 11 is 0. The van der Waals surface area contributed by atoms with Crippen molar-refractivity contribution >= 4 is 0 Å². The molecule has 2 heteroatoms. The van der Waals surface area contributed by atoms with Gasteiger partial charge in [0.05, 0.1) is 6.61 Å². The van der Waals surface area contributed by atoms with E-state index in [0.29, 0.717) is 0 Å². The van der Waals surface area contributed by atoms with E-state index in [-0.39, 0.29) is 6.61 Å². The summed E-state index contributed by atoms with van der Waals surface area (Å²) in [5.74, 6) is 0. The zero-order valence-corrected chi connectivity index (χ0v) is 8.65. The van der Waals surface area contributed by atoms with Crippen molar-refractivity contribution in [2.24, 2.45) is 0 Å². The SMILES string of the molecule is C1CCCCC1.OCc1ccncc1. The smallest absolute Gasteiger partial charge is 0.0682 e. The predicted octanol–water partition coefficient (Wildman–Crippen LogP) is 2.91. The van der Waals surface area contributed by atoms with Gasteiger partial charge in [-0.1, -0.05) is 38.5 Å². The van der Waals surface area contributed by atoms with Crippen LogP contribution in [0.4, 0.5) is 0 Å². The Morgan fingerprint density at radius 2 is 1.36 bits per heavy atom. The molecule has 0 unspecified atom stereocenters. The molecule has 1 N–H and O–H groups in total. The molecule has 1 aliphatic carbocycles. The fourth-order valence-corrected chi connectivity index (χ4v) is 1.55. The molecule has 0 amide bonds. The Morgan fingerprint density at radius 1 is 0.929 bits per heavy atom. The van der Waals surface area contributed by atoms with Gasteiger partial charge in [-0.05, 0) is 17.7 Å². The Hall–Kier alpha value is -0.890. The van der Waals surface area contributed by atoms with Crippen LogP contribution in [0.3, 0.4) is 0 Å². The predicted molar refractivity (Wildman–Crippen MR) is 57.9 cm³/mol. The van der Waals surface area contributed by atoms with E-state index in [0.717, 1.165) is 5.56 Å². The largest absolute Gasteiger partial charge is 0.392 e. The Bertz CT molecular complexity index is 208. The van der Waals surface area contributed by atoms with Crippen LogP contribution >= 0.6 is 0 Å². The quantitative estimate of drug-likeness (QED) is 0.744. The van der Waals surface area contributed by atoms with Gasteiger partial charge in [0.1, 0.15) is 0 Å². The molecule has 2 nitrogen and oxygen atoms in total. The fraction of sp³-hybridized carbons (Fsp3) is 0.583. The Labute approximate surface area is 86.0 Å². The number of hydrogen-bond donors (Lipinski definition) is 1. The topological polar surface area (TPSA) is 33.1 Å². The lowest BCUT2D eigenvalue weighted by Gasteiger charge is -2.05. The van der Waals surface area contributed by atoms with Crippen LogP contribution in [0.15, 0.2) is 24.5 Å². The molecule has 78 valence electrons. The van der Waals surface area contributed by atoms with Crippen molar-refractivity contribution in [1.29, 1.82) is 0 Å². The molecule has 1 aromatic heterocycles. The van der Waals surface area contributed by atoms with Crippen LogP contribution in [0.25, 0.3) is 0 Å². The minimum absolute atomic E-state index is 0.0997. The summed E-state index contributed by atoms with van der Waals surface area (Å²) in [5, 5.41) is 8.51. The number of aromatic nitrogens is 1. The lowest BCUT2D eigenvalue weighted by molar-refractivity contribution is 0.281. The van der Waals surface area contributed by atoms with Gasteiger partial charge in [-0.3, -0.25) is 4.98 Å². The maximum absolute atomic E-state index is 8.51. The standard InChI is InChI=1S/C6H7NO.C6H12/c8-5-6-1-3-7-4-2-6;1-2-4-6-5-3-1/h1-4,8H,5H2;1-6H2. The van der Waals surface area contributed by atoms with E-state index >= 15 is 0 Å². The number of aliphatic hydroxyl groups excluding tert-OH is 1. The van der Waals surface area contributed by atoms with Crippen LogP contribution in [0, 0.1) is 0 Å². The molecule has 0 bridgehead atoms. The summed E-state index contributed by atoms with van der Waals surface area (Å²) in [6, 6.07) is 3.56. The van der Waals surface area contributed by atoms with Crippen LogP contribution in [-0.2, 0) is 6.61 Å². The highest BCUT2D eigenvalue weighted by Gasteiger charge is 1.95. The lowest BCUT2D eigenvalue weighted by Crippen LogP contribution is -1.85. The molecule has 1 aliphatic rings. The third-order valence-electron chi connectivity index (χ3n) is 2.43. The van der Waals surface area contributed by atoms with Crippen LogP contribution in [0.5, 0.6) is 0 Å². The highest BCUT2D eigenvalue weighted by molar-refractivity contribution is 5.07. The van der Waals surface area contributed by atoms with Crippen molar-refractivity contribution in [2.75, 3.05) is 0 Å².